The van der Waals surface area contributed by atoms with Crippen LogP contribution in [0.25, 0.3) is 44.5 Å². The largest absolute Gasteiger partial charge is 0.310 e. The van der Waals surface area contributed by atoms with Gasteiger partial charge < -0.3 is 4.90 Å². The van der Waals surface area contributed by atoms with E-state index in [2.05, 4.69) is 292 Å². The number of hydrogen-bond acceptors (Lipinski definition) is 1. The van der Waals surface area contributed by atoms with E-state index in [1.165, 1.54) is 89.0 Å². The molecule has 3 aliphatic carbocycles. The SMILES string of the molecule is CC1(C)c2ccccc2-c2ccc(N(c3ccc(-c4ccccc4)cc3-c3ccccc3)c3ccccc3C3(c4ccccc4)c4ccccc4C4(c5ccccc5)c5ccccc5-c5cccc3c54)cc21. The number of hydrogen-bond donors (Lipinski definition) is 0. The molecule has 0 radical (unpaired) electrons. The Hall–Kier alpha value is -8.78. The summed E-state index contributed by atoms with van der Waals surface area (Å²) in [6.45, 7) is 4.78. The fraction of sp³-hybridized carbons (Fsp3) is 0.0704. The van der Waals surface area contributed by atoms with Crippen molar-refractivity contribution in [3.63, 3.8) is 0 Å². The van der Waals surface area contributed by atoms with Gasteiger partial charge in [-0.25, -0.2) is 0 Å². The number of para-hydroxylation sites is 1. The Bertz CT molecular complexity index is 3890. The first-order valence-electron chi connectivity index (χ1n) is 25.3. The van der Waals surface area contributed by atoms with E-state index in [0.29, 0.717) is 0 Å². The van der Waals surface area contributed by atoms with Gasteiger partial charge in [0.05, 0.1) is 22.2 Å². The molecule has 3 aliphatic rings. The van der Waals surface area contributed by atoms with E-state index in [-0.39, 0.29) is 5.41 Å². The molecule has 0 aliphatic heterocycles. The van der Waals surface area contributed by atoms with Crippen molar-refractivity contribution in [2.75, 3.05) is 4.90 Å². The lowest BCUT2D eigenvalue weighted by Gasteiger charge is -2.50. The topological polar surface area (TPSA) is 3.24 Å². The molecule has 72 heavy (non-hydrogen) atoms. The van der Waals surface area contributed by atoms with E-state index in [0.717, 1.165) is 28.2 Å². The molecule has 0 N–H and O–H groups in total. The fourth-order valence-electron chi connectivity index (χ4n) is 13.4. The Morgan fingerprint density at radius 1 is 0.264 bits per heavy atom. The Morgan fingerprint density at radius 3 is 1.43 bits per heavy atom. The van der Waals surface area contributed by atoms with Gasteiger partial charge in [0.15, 0.2) is 0 Å². The van der Waals surface area contributed by atoms with Crippen LogP contribution in [0.3, 0.4) is 0 Å². The summed E-state index contributed by atoms with van der Waals surface area (Å²) in [5.74, 6) is 0. The van der Waals surface area contributed by atoms with Crippen molar-refractivity contribution in [3.8, 4) is 44.5 Å². The fourth-order valence-corrected chi connectivity index (χ4v) is 13.4. The zero-order valence-electron chi connectivity index (χ0n) is 40.4. The molecule has 1 heteroatoms. The molecule has 0 spiro atoms. The molecule has 0 bridgehead atoms. The average Bonchev–Trinajstić information content (AvgIpc) is 3.88. The number of benzene rings is 11. The minimum absolute atomic E-state index is 0.208. The van der Waals surface area contributed by atoms with Crippen LogP contribution in [-0.2, 0) is 16.2 Å². The van der Waals surface area contributed by atoms with E-state index in [1.807, 2.05) is 0 Å². The number of nitrogens with zero attached hydrogens (tertiary/aromatic N) is 1. The average molecular weight is 918 g/mol. The second-order valence-electron chi connectivity index (χ2n) is 20.3. The van der Waals surface area contributed by atoms with Crippen molar-refractivity contribution in [2.45, 2.75) is 30.1 Å². The number of rotatable bonds is 8. The molecule has 0 heterocycles. The second-order valence-corrected chi connectivity index (χ2v) is 20.3. The zero-order valence-corrected chi connectivity index (χ0v) is 40.4. The van der Waals surface area contributed by atoms with Crippen molar-refractivity contribution in [3.05, 3.63) is 329 Å². The van der Waals surface area contributed by atoms with E-state index in [1.54, 1.807) is 0 Å². The van der Waals surface area contributed by atoms with Crippen molar-refractivity contribution >= 4 is 17.1 Å². The van der Waals surface area contributed by atoms with Gasteiger partial charge in [0, 0.05) is 16.7 Å². The van der Waals surface area contributed by atoms with E-state index in [9.17, 15) is 0 Å². The first-order valence-corrected chi connectivity index (χ1v) is 25.3. The maximum Gasteiger partial charge on any atom is 0.0728 e. The third-order valence-electron chi connectivity index (χ3n) is 16.4. The van der Waals surface area contributed by atoms with Crippen molar-refractivity contribution < 1.29 is 0 Å². The normalized spacial score (nSPS) is 17.2. The Kier molecular flexibility index (Phi) is 9.44. The van der Waals surface area contributed by atoms with Gasteiger partial charge in [0.25, 0.3) is 0 Å². The summed E-state index contributed by atoms with van der Waals surface area (Å²) in [4.78, 5) is 2.59. The minimum atomic E-state index is -0.776. The standard InChI is InChI=1S/C71H51N/c1-69(2)59-35-17-15-32-54(59)56-44-43-53(47-65(56)69)72(66-45-42-50(48-24-7-3-8-25-48)46-58(66)49-26-9-4-10-27-49)67-41-22-21-39-63(67)70(51-28-11-5-12-29-51)61-37-19-20-38-62(61)71(52-30-13-6-14-31-52)60-36-18-16-33-55(60)57-34-23-40-64(70)68(57)71/h3-47H,1-2H3. The lowest BCUT2D eigenvalue weighted by Crippen LogP contribution is -2.44. The molecule has 11 aromatic rings. The Balaban J connectivity index is 1.12. The van der Waals surface area contributed by atoms with Gasteiger partial charge in [-0.05, 0) is 125 Å². The molecule has 0 saturated carbocycles. The van der Waals surface area contributed by atoms with E-state index >= 15 is 0 Å². The summed E-state index contributed by atoms with van der Waals surface area (Å²) < 4.78 is 0. The quantitative estimate of drug-likeness (QED) is 0.147. The molecule has 0 amide bonds. The number of anilines is 3. The van der Waals surface area contributed by atoms with E-state index < -0.39 is 10.8 Å². The van der Waals surface area contributed by atoms with Crippen LogP contribution < -0.4 is 4.90 Å². The molecular weight excluding hydrogens is 867 g/mol. The van der Waals surface area contributed by atoms with Crippen LogP contribution in [0.4, 0.5) is 17.1 Å². The maximum atomic E-state index is 2.59. The van der Waals surface area contributed by atoms with Crippen molar-refractivity contribution in [2.24, 2.45) is 0 Å². The van der Waals surface area contributed by atoms with Gasteiger partial charge in [-0.15, -0.1) is 0 Å². The minimum Gasteiger partial charge on any atom is -0.310 e. The monoisotopic (exact) mass is 917 g/mol. The molecule has 0 saturated heterocycles. The summed E-state index contributed by atoms with van der Waals surface area (Å²) in [6.07, 6.45) is 0. The lowest BCUT2D eigenvalue weighted by molar-refractivity contribution is 0.627. The van der Waals surface area contributed by atoms with Crippen LogP contribution in [-0.4, -0.2) is 0 Å². The maximum absolute atomic E-state index is 2.59. The molecular formula is C71H51N. The second kappa shape index (κ2) is 16.1. The van der Waals surface area contributed by atoms with Gasteiger partial charge in [-0.1, -0.05) is 257 Å². The smallest absolute Gasteiger partial charge is 0.0728 e. The van der Waals surface area contributed by atoms with Gasteiger partial charge in [0.2, 0.25) is 0 Å². The first-order chi connectivity index (χ1) is 35.5. The predicted octanol–water partition coefficient (Wildman–Crippen LogP) is 17.9. The predicted molar refractivity (Wildman–Crippen MR) is 299 cm³/mol. The van der Waals surface area contributed by atoms with Crippen LogP contribution in [0.5, 0.6) is 0 Å². The van der Waals surface area contributed by atoms with Gasteiger partial charge in [-0.3, -0.25) is 0 Å². The summed E-state index contributed by atoms with van der Waals surface area (Å²) in [5.41, 5.74) is 24.7. The summed E-state index contributed by atoms with van der Waals surface area (Å²) >= 11 is 0. The number of fused-ring (bicyclic) bond motifs is 8. The first kappa shape index (κ1) is 42.1. The van der Waals surface area contributed by atoms with Gasteiger partial charge in [0.1, 0.15) is 0 Å². The highest BCUT2D eigenvalue weighted by molar-refractivity contribution is 5.96. The Morgan fingerprint density at radius 2 is 0.750 bits per heavy atom. The van der Waals surface area contributed by atoms with Crippen LogP contribution in [0.2, 0.25) is 0 Å². The summed E-state index contributed by atoms with van der Waals surface area (Å²) in [5, 5.41) is 0. The molecule has 14 rings (SSSR count). The summed E-state index contributed by atoms with van der Waals surface area (Å²) in [6, 6.07) is 103. The highest BCUT2D eigenvalue weighted by Crippen LogP contribution is 2.67. The molecule has 340 valence electrons. The molecule has 2 atom stereocenters. The van der Waals surface area contributed by atoms with Gasteiger partial charge >= 0.3 is 0 Å². The molecule has 11 aromatic carbocycles. The highest BCUT2D eigenvalue weighted by Gasteiger charge is 2.58. The van der Waals surface area contributed by atoms with E-state index in [4.69, 9.17) is 0 Å². The van der Waals surface area contributed by atoms with Crippen LogP contribution in [0.1, 0.15) is 69.5 Å². The Labute approximate surface area is 423 Å². The molecule has 0 fully saturated rings. The van der Waals surface area contributed by atoms with Gasteiger partial charge in [-0.2, -0.15) is 0 Å². The molecule has 0 aromatic heterocycles. The lowest BCUT2D eigenvalue weighted by atomic mass is 9.51. The van der Waals surface area contributed by atoms with Crippen molar-refractivity contribution in [1.29, 1.82) is 0 Å². The third-order valence-corrected chi connectivity index (χ3v) is 16.4. The third kappa shape index (κ3) is 5.83. The van der Waals surface area contributed by atoms with Crippen LogP contribution >= 0.6 is 0 Å². The zero-order chi connectivity index (χ0) is 48.0. The van der Waals surface area contributed by atoms with Crippen LogP contribution in [0, 0.1) is 0 Å². The molecule has 2 unspecified atom stereocenters. The van der Waals surface area contributed by atoms with Crippen LogP contribution in [0.15, 0.2) is 273 Å². The summed E-state index contributed by atoms with van der Waals surface area (Å²) in [7, 11) is 0. The molecule has 1 nitrogen and oxygen atoms in total. The van der Waals surface area contributed by atoms with Crippen molar-refractivity contribution in [1.82, 2.24) is 0 Å². The highest BCUT2D eigenvalue weighted by atomic mass is 15.1.